The summed E-state index contributed by atoms with van der Waals surface area (Å²) in [5.41, 5.74) is 0.788. The van der Waals surface area contributed by atoms with Gasteiger partial charge in [0.25, 0.3) is 5.91 Å². The minimum atomic E-state index is -0.122. The quantitative estimate of drug-likeness (QED) is 0.550. The van der Waals surface area contributed by atoms with Gasteiger partial charge < -0.3 is 14.4 Å². The molecule has 0 fully saturated rings. The number of carbonyl (C=O) groups excluding carboxylic acids is 1. The van der Waals surface area contributed by atoms with E-state index in [1.807, 2.05) is 74.4 Å². The summed E-state index contributed by atoms with van der Waals surface area (Å²) in [5.74, 6) is 1.29. The second kappa shape index (κ2) is 9.52. The molecule has 28 heavy (non-hydrogen) atoms. The molecule has 0 aliphatic heterocycles. The Morgan fingerprint density at radius 2 is 1.82 bits per heavy atom. The maximum Gasteiger partial charge on any atom is 0.266 e. The second-order valence-electron chi connectivity index (χ2n) is 6.48. The number of nitrogens with zero attached hydrogens (tertiary/aromatic N) is 3. The SMILES string of the molecule is CCOc1cccc2sc(N(CCN(C)C)C(=O)COc3ccccc3)nc12. The van der Waals surface area contributed by atoms with E-state index in [2.05, 4.69) is 0 Å². The van der Waals surface area contributed by atoms with E-state index in [1.54, 1.807) is 4.90 Å². The van der Waals surface area contributed by atoms with E-state index in [9.17, 15) is 4.79 Å². The van der Waals surface area contributed by atoms with E-state index in [1.165, 1.54) is 11.3 Å². The lowest BCUT2D eigenvalue weighted by atomic mass is 10.3. The Balaban J connectivity index is 1.83. The minimum Gasteiger partial charge on any atom is -0.492 e. The summed E-state index contributed by atoms with van der Waals surface area (Å²) in [5, 5.41) is 0.658. The fourth-order valence-electron chi connectivity index (χ4n) is 2.67. The molecule has 1 amide bonds. The predicted octanol–water partition coefficient (Wildman–Crippen LogP) is 3.67. The highest BCUT2D eigenvalue weighted by Gasteiger charge is 2.21. The Morgan fingerprint density at radius 3 is 2.54 bits per heavy atom. The highest BCUT2D eigenvalue weighted by molar-refractivity contribution is 7.22. The number of likely N-dealkylation sites (N-methyl/N-ethyl adjacent to an activating group) is 1. The lowest BCUT2D eigenvalue weighted by Crippen LogP contribution is -2.39. The zero-order chi connectivity index (χ0) is 19.9. The van der Waals surface area contributed by atoms with Crippen molar-refractivity contribution in [1.29, 1.82) is 0 Å². The molecule has 0 atom stereocenters. The number of ether oxygens (including phenoxy) is 2. The van der Waals surface area contributed by atoms with Crippen LogP contribution >= 0.6 is 11.3 Å². The predicted molar refractivity (Wildman–Crippen MR) is 114 cm³/mol. The number of hydrogen-bond donors (Lipinski definition) is 0. The number of rotatable bonds is 9. The van der Waals surface area contributed by atoms with E-state index in [0.717, 1.165) is 22.5 Å². The number of hydrogen-bond acceptors (Lipinski definition) is 6. The number of carbonyl (C=O) groups is 1. The fourth-order valence-corrected chi connectivity index (χ4v) is 3.69. The lowest BCUT2D eigenvalue weighted by Gasteiger charge is -2.22. The Hall–Kier alpha value is -2.64. The Kier molecular flexibility index (Phi) is 6.84. The Labute approximate surface area is 169 Å². The van der Waals surface area contributed by atoms with Crippen molar-refractivity contribution in [2.75, 3.05) is 45.3 Å². The van der Waals surface area contributed by atoms with Crippen LogP contribution in [-0.2, 0) is 4.79 Å². The van der Waals surface area contributed by atoms with Gasteiger partial charge in [0.15, 0.2) is 11.7 Å². The van der Waals surface area contributed by atoms with Crippen molar-refractivity contribution >= 4 is 32.6 Å². The molecule has 2 aromatic carbocycles. The number of para-hydroxylation sites is 2. The Morgan fingerprint density at radius 1 is 1.04 bits per heavy atom. The third-order valence-corrected chi connectivity index (χ3v) is 5.12. The van der Waals surface area contributed by atoms with E-state index < -0.39 is 0 Å². The molecule has 148 valence electrons. The third kappa shape index (κ3) is 4.99. The van der Waals surface area contributed by atoms with Crippen LogP contribution in [0.15, 0.2) is 48.5 Å². The molecule has 7 heteroatoms. The second-order valence-corrected chi connectivity index (χ2v) is 7.49. The van der Waals surface area contributed by atoms with Crippen LogP contribution < -0.4 is 14.4 Å². The van der Waals surface area contributed by atoms with Gasteiger partial charge in [-0.25, -0.2) is 4.98 Å². The van der Waals surface area contributed by atoms with Crippen LogP contribution in [-0.4, -0.2) is 56.2 Å². The van der Waals surface area contributed by atoms with Gasteiger partial charge in [-0.1, -0.05) is 35.6 Å². The summed E-state index contributed by atoms with van der Waals surface area (Å²) < 4.78 is 12.3. The van der Waals surface area contributed by atoms with Gasteiger partial charge >= 0.3 is 0 Å². The maximum atomic E-state index is 12.9. The van der Waals surface area contributed by atoms with Crippen molar-refractivity contribution in [2.24, 2.45) is 0 Å². The number of fused-ring (bicyclic) bond motifs is 1. The molecular weight excluding hydrogens is 374 g/mol. The van der Waals surface area contributed by atoms with Crippen molar-refractivity contribution in [2.45, 2.75) is 6.92 Å². The molecule has 0 radical (unpaired) electrons. The molecule has 0 aliphatic rings. The molecule has 0 spiro atoms. The Bertz CT molecular complexity index is 912. The van der Waals surface area contributed by atoms with Crippen LogP contribution in [0.25, 0.3) is 10.2 Å². The minimum absolute atomic E-state index is 0.0360. The molecule has 1 aromatic heterocycles. The fraction of sp³-hybridized carbons (Fsp3) is 0.333. The van der Waals surface area contributed by atoms with Gasteiger partial charge in [-0.3, -0.25) is 9.69 Å². The lowest BCUT2D eigenvalue weighted by molar-refractivity contribution is -0.120. The van der Waals surface area contributed by atoms with Crippen molar-refractivity contribution in [1.82, 2.24) is 9.88 Å². The molecule has 0 saturated carbocycles. The standard InChI is InChI=1S/C21H25N3O3S/c1-4-26-17-11-8-12-18-20(17)22-21(28-18)24(14-13-23(2)3)19(25)15-27-16-9-6-5-7-10-16/h5-12H,4,13-15H2,1-3H3. The van der Waals surface area contributed by atoms with E-state index in [4.69, 9.17) is 14.5 Å². The average Bonchev–Trinajstić information content (AvgIpc) is 3.12. The molecular formula is C21H25N3O3S. The largest absolute Gasteiger partial charge is 0.492 e. The molecule has 6 nitrogen and oxygen atoms in total. The van der Waals surface area contributed by atoms with Gasteiger partial charge in [0.05, 0.1) is 11.3 Å². The van der Waals surface area contributed by atoms with Crippen molar-refractivity contribution in [3.63, 3.8) is 0 Å². The topological polar surface area (TPSA) is 54.9 Å². The number of anilines is 1. The van der Waals surface area contributed by atoms with Gasteiger partial charge in [0.1, 0.15) is 17.0 Å². The van der Waals surface area contributed by atoms with Crippen LogP contribution in [0, 0.1) is 0 Å². The average molecular weight is 400 g/mol. The molecule has 0 saturated heterocycles. The molecule has 0 bridgehead atoms. The summed E-state index contributed by atoms with van der Waals surface area (Å²) in [6.45, 7) is 3.74. The first-order valence-electron chi connectivity index (χ1n) is 9.23. The summed E-state index contributed by atoms with van der Waals surface area (Å²) in [4.78, 5) is 21.4. The van der Waals surface area contributed by atoms with Gasteiger partial charge in [-0.05, 0) is 45.3 Å². The van der Waals surface area contributed by atoms with Gasteiger partial charge in [-0.2, -0.15) is 0 Å². The molecule has 0 N–H and O–H groups in total. The van der Waals surface area contributed by atoms with Gasteiger partial charge in [0, 0.05) is 13.1 Å². The highest BCUT2D eigenvalue weighted by Crippen LogP contribution is 2.34. The zero-order valence-corrected chi connectivity index (χ0v) is 17.2. The van der Waals surface area contributed by atoms with E-state index >= 15 is 0 Å². The maximum absolute atomic E-state index is 12.9. The van der Waals surface area contributed by atoms with Crippen molar-refractivity contribution in [3.8, 4) is 11.5 Å². The highest BCUT2D eigenvalue weighted by atomic mass is 32.1. The summed E-state index contributed by atoms with van der Waals surface area (Å²) in [6, 6.07) is 15.2. The molecule has 0 unspecified atom stereocenters. The van der Waals surface area contributed by atoms with Crippen LogP contribution in [0.5, 0.6) is 11.5 Å². The van der Waals surface area contributed by atoms with Crippen LogP contribution in [0.1, 0.15) is 6.92 Å². The van der Waals surface area contributed by atoms with Crippen molar-refractivity contribution < 1.29 is 14.3 Å². The molecule has 1 heterocycles. The molecule has 3 aromatic rings. The van der Waals surface area contributed by atoms with Crippen LogP contribution in [0.2, 0.25) is 0 Å². The number of benzene rings is 2. The zero-order valence-electron chi connectivity index (χ0n) is 16.4. The molecule has 0 aliphatic carbocycles. The van der Waals surface area contributed by atoms with Crippen molar-refractivity contribution in [3.05, 3.63) is 48.5 Å². The molecule has 3 rings (SSSR count). The number of aromatic nitrogens is 1. The normalized spacial score (nSPS) is 11.0. The van der Waals surface area contributed by atoms with Gasteiger partial charge in [-0.15, -0.1) is 0 Å². The number of amides is 1. The summed E-state index contributed by atoms with van der Waals surface area (Å²) in [6.07, 6.45) is 0. The first-order valence-corrected chi connectivity index (χ1v) is 10.1. The third-order valence-electron chi connectivity index (χ3n) is 4.08. The summed E-state index contributed by atoms with van der Waals surface area (Å²) >= 11 is 1.49. The van der Waals surface area contributed by atoms with E-state index in [-0.39, 0.29) is 12.5 Å². The van der Waals surface area contributed by atoms with E-state index in [0.29, 0.717) is 24.0 Å². The van der Waals surface area contributed by atoms with Crippen LogP contribution in [0.4, 0.5) is 5.13 Å². The number of thiazole rings is 1. The van der Waals surface area contributed by atoms with Crippen LogP contribution in [0.3, 0.4) is 0 Å². The first kappa shape index (κ1) is 20.1. The monoisotopic (exact) mass is 399 g/mol. The smallest absolute Gasteiger partial charge is 0.266 e. The van der Waals surface area contributed by atoms with Gasteiger partial charge in [0.2, 0.25) is 0 Å². The first-order chi connectivity index (χ1) is 13.6. The summed E-state index contributed by atoms with van der Waals surface area (Å²) in [7, 11) is 3.96.